The minimum atomic E-state index is 0.147. The monoisotopic (exact) mass is 199 g/mol. The minimum absolute atomic E-state index is 0.147. The lowest BCUT2D eigenvalue weighted by atomic mass is 10.3. The van der Waals surface area contributed by atoms with E-state index in [-0.39, 0.29) is 5.91 Å². The summed E-state index contributed by atoms with van der Waals surface area (Å²) >= 11 is 4.06. The summed E-state index contributed by atoms with van der Waals surface area (Å²) < 4.78 is 0. The van der Waals surface area contributed by atoms with Gasteiger partial charge in [-0.2, -0.15) is 12.6 Å². The van der Waals surface area contributed by atoms with Gasteiger partial charge in [-0.1, -0.05) is 12.2 Å². The van der Waals surface area contributed by atoms with Crippen LogP contribution in [0.5, 0.6) is 0 Å². The molecule has 2 nitrogen and oxygen atoms in total. The van der Waals surface area contributed by atoms with Crippen LogP contribution in [0.2, 0.25) is 0 Å². The van der Waals surface area contributed by atoms with Crippen molar-refractivity contribution in [3.8, 4) is 0 Å². The van der Waals surface area contributed by atoms with E-state index in [1.54, 1.807) is 17.1 Å². The van der Waals surface area contributed by atoms with Gasteiger partial charge in [0.25, 0.3) is 0 Å². The van der Waals surface area contributed by atoms with E-state index in [1.165, 1.54) is 0 Å². The summed E-state index contributed by atoms with van der Waals surface area (Å²) in [5, 5.41) is 0. The van der Waals surface area contributed by atoms with Gasteiger partial charge in [-0.05, 0) is 12.2 Å². The summed E-state index contributed by atoms with van der Waals surface area (Å²) in [4.78, 5) is 13.2. The molecule has 13 heavy (non-hydrogen) atoms. The van der Waals surface area contributed by atoms with Crippen LogP contribution in [0.1, 0.15) is 12.8 Å². The van der Waals surface area contributed by atoms with Crippen molar-refractivity contribution in [1.82, 2.24) is 4.90 Å². The van der Waals surface area contributed by atoms with E-state index in [2.05, 4.69) is 25.8 Å². The van der Waals surface area contributed by atoms with Gasteiger partial charge in [0.15, 0.2) is 0 Å². The highest BCUT2D eigenvalue weighted by Crippen LogP contribution is 1.99. The molecular weight excluding hydrogens is 182 g/mol. The van der Waals surface area contributed by atoms with Crippen LogP contribution in [0.3, 0.4) is 0 Å². The van der Waals surface area contributed by atoms with E-state index in [0.717, 1.165) is 12.2 Å². The third-order valence-corrected chi connectivity index (χ3v) is 1.92. The van der Waals surface area contributed by atoms with Crippen molar-refractivity contribution in [2.24, 2.45) is 0 Å². The summed E-state index contributed by atoms with van der Waals surface area (Å²) in [6.45, 7) is 8.39. The SMILES string of the molecule is C=CCN(CC=C)C(=O)CCCS. The normalized spacial score (nSPS) is 9.31. The highest BCUT2D eigenvalue weighted by molar-refractivity contribution is 7.80. The van der Waals surface area contributed by atoms with Gasteiger partial charge < -0.3 is 4.90 Å². The van der Waals surface area contributed by atoms with Crippen molar-refractivity contribution >= 4 is 18.5 Å². The molecule has 1 amide bonds. The van der Waals surface area contributed by atoms with Crippen LogP contribution in [0.4, 0.5) is 0 Å². The number of rotatable bonds is 7. The van der Waals surface area contributed by atoms with Gasteiger partial charge in [0.05, 0.1) is 0 Å². The second-order valence-corrected chi connectivity index (χ2v) is 3.15. The first-order valence-electron chi connectivity index (χ1n) is 4.36. The fourth-order valence-electron chi connectivity index (χ4n) is 0.978. The van der Waals surface area contributed by atoms with Crippen LogP contribution in [0.25, 0.3) is 0 Å². The molecule has 0 bridgehead atoms. The molecule has 0 aliphatic rings. The van der Waals surface area contributed by atoms with Crippen LogP contribution in [0, 0.1) is 0 Å². The van der Waals surface area contributed by atoms with E-state index in [0.29, 0.717) is 19.5 Å². The molecule has 0 fully saturated rings. The molecule has 0 radical (unpaired) electrons. The maximum atomic E-state index is 11.5. The molecule has 0 heterocycles. The summed E-state index contributed by atoms with van der Waals surface area (Å²) in [5.74, 6) is 0.899. The van der Waals surface area contributed by atoms with Crippen molar-refractivity contribution in [3.05, 3.63) is 25.3 Å². The Labute approximate surface area is 85.7 Å². The highest BCUT2D eigenvalue weighted by atomic mass is 32.1. The van der Waals surface area contributed by atoms with Crippen molar-refractivity contribution in [3.63, 3.8) is 0 Å². The fourth-order valence-corrected chi connectivity index (χ4v) is 1.14. The van der Waals surface area contributed by atoms with Gasteiger partial charge in [0, 0.05) is 19.5 Å². The number of carbonyl (C=O) groups is 1. The largest absolute Gasteiger partial charge is 0.335 e. The summed E-state index contributed by atoms with van der Waals surface area (Å²) in [6, 6.07) is 0. The van der Waals surface area contributed by atoms with Crippen molar-refractivity contribution in [2.45, 2.75) is 12.8 Å². The van der Waals surface area contributed by atoms with Gasteiger partial charge in [0.1, 0.15) is 0 Å². The van der Waals surface area contributed by atoms with Gasteiger partial charge in [-0.3, -0.25) is 4.79 Å². The van der Waals surface area contributed by atoms with Crippen molar-refractivity contribution in [1.29, 1.82) is 0 Å². The Morgan fingerprint density at radius 1 is 1.31 bits per heavy atom. The lowest BCUT2D eigenvalue weighted by Crippen LogP contribution is -2.31. The van der Waals surface area contributed by atoms with Gasteiger partial charge >= 0.3 is 0 Å². The molecule has 0 spiro atoms. The van der Waals surface area contributed by atoms with Gasteiger partial charge in [0.2, 0.25) is 5.91 Å². The number of nitrogens with zero attached hydrogens (tertiary/aromatic N) is 1. The average Bonchev–Trinajstić information content (AvgIpc) is 2.14. The Morgan fingerprint density at radius 3 is 2.23 bits per heavy atom. The first-order chi connectivity index (χ1) is 6.26. The van der Waals surface area contributed by atoms with Crippen LogP contribution < -0.4 is 0 Å². The average molecular weight is 199 g/mol. The van der Waals surface area contributed by atoms with Crippen LogP contribution in [-0.2, 0) is 4.79 Å². The molecule has 0 saturated heterocycles. The molecule has 0 aliphatic heterocycles. The molecule has 0 aromatic heterocycles. The first kappa shape index (κ1) is 12.3. The molecular formula is C10H17NOS. The quantitative estimate of drug-likeness (QED) is 0.490. The number of thiol groups is 1. The summed E-state index contributed by atoms with van der Waals surface area (Å²) in [6.07, 6.45) is 4.84. The minimum Gasteiger partial charge on any atom is -0.335 e. The van der Waals surface area contributed by atoms with E-state index in [4.69, 9.17) is 0 Å². The fraction of sp³-hybridized carbons (Fsp3) is 0.500. The lowest BCUT2D eigenvalue weighted by Gasteiger charge is -2.18. The topological polar surface area (TPSA) is 20.3 Å². The number of carbonyl (C=O) groups excluding carboxylic acids is 1. The molecule has 0 aromatic rings. The zero-order valence-corrected chi connectivity index (χ0v) is 8.80. The van der Waals surface area contributed by atoms with Crippen LogP contribution in [0.15, 0.2) is 25.3 Å². The predicted molar refractivity (Wildman–Crippen MR) is 60.1 cm³/mol. The Kier molecular flexibility index (Phi) is 7.50. The Bertz CT molecular complexity index is 170. The molecule has 0 saturated carbocycles. The lowest BCUT2D eigenvalue weighted by molar-refractivity contribution is -0.130. The van der Waals surface area contributed by atoms with Crippen LogP contribution >= 0.6 is 12.6 Å². The molecule has 74 valence electrons. The van der Waals surface area contributed by atoms with E-state index < -0.39 is 0 Å². The maximum Gasteiger partial charge on any atom is 0.223 e. The second kappa shape index (κ2) is 7.92. The van der Waals surface area contributed by atoms with Crippen molar-refractivity contribution in [2.75, 3.05) is 18.8 Å². The molecule has 0 N–H and O–H groups in total. The standard InChI is InChI=1S/C10H17NOS/c1-3-7-11(8-4-2)10(12)6-5-9-13/h3-4,13H,1-2,5-9H2. The second-order valence-electron chi connectivity index (χ2n) is 2.70. The molecule has 0 atom stereocenters. The third-order valence-electron chi connectivity index (χ3n) is 1.60. The number of amides is 1. The molecule has 3 heteroatoms. The van der Waals surface area contributed by atoms with E-state index in [9.17, 15) is 4.79 Å². The maximum absolute atomic E-state index is 11.5. The Morgan fingerprint density at radius 2 is 1.85 bits per heavy atom. The smallest absolute Gasteiger partial charge is 0.223 e. The third kappa shape index (κ3) is 5.53. The van der Waals surface area contributed by atoms with Gasteiger partial charge in [-0.15, -0.1) is 13.2 Å². The van der Waals surface area contributed by atoms with Crippen LogP contribution in [-0.4, -0.2) is 29.6 Å². The Balaban J connectivity index is 3.93. The van der Waals surface area contributed by atoms with Gasteiger partial charge in [-0.25, -0.2) is 0 Å². The predicted octanol–water partition coefficient (Wildman–Crippen LogP) is 1.90. The summed E-state index contributed by atoms with van der Waals surface area (Å²) in [5.41, 5.74) is 0. The first-order valence-corrected chi connectivity index (χ1v) is 5.00. The molecule has 0 aromatic carbocycles. The Hall–Kier alpha value is -0.700. The van der Waals surface area contributed by atoms with E-state index in [1.807, 2.05) is 0 Å². The number of hydrogen-bond acceptors (Lipinski definition) is 2. The molecule has 0 rings (SSSR count). The zero-order chi connectivity index (χ0) is 10.1. The van der Waals surface area contributed by atoms with E-state index >= 15 is 0 Å². The summed E-state index contributed by atoms with van der Waals surface area (Å²) in [7, 11) is 0. The van der Waals surface area contributed by atoms with Crippen molar-refractivity contribution < 1.29 is 4.79 Å². The molecule has 0 unspecified atom stereocenters. The number of hydrogen-bond donors (Lipinski definition) is 1. The zero-order valence-electron chi connectivity index (χ0n) is 7.91. The highest BCUT2D eigenvalue weighted by Gasteiger charge is 2.08. The molecule has 0 aliphatic carbocycles.